The summed E-state index contributed by atoms with van der Waals surface area (Å²) in [5.74, 6) is 0. The van der Waals surface area contributed by atoms with Crippen molar-refractivity contribution in [1.29, 1.82) is 0 Å². The van der Waals surface area contributed by atoms with Gasteiger partial charge in [0.15, 0.2) is 0 Å². The first kappa shape index (κ1) is 12.0. The van der Waals surface area contributed by atoms with E-state index in [9.17, 15) is 4.39 Å². The minimum absolute atomic E-state index is 0.0209. The lowest BCUT2D eigenvalue weighted by Crippen LogP contribution is -2.45. The number of piperazine rings is 1. The number of alkyl halides is 1. The smallest absolute Gasteiger partial charge is 0.110 e. The topological polar surface area (TPSA) is 15.3 Å². The van der Waals surface area contributed by atoms with Crippen LogP contribution in [-0.2, 0) is 6.42 Å². The van der Waals surface area contributed by atoms with Gasteiger partial charge in [-0.1, -0.05) is 6.92 Å². The van der Waals surface area contributed by atoms with Gasteiger partial charge in [0.2, 0.25) is 0 Å². The maximum absolute atomic E-state index is 13.2. The number of nitrogens with one attached hydrogen (secondary N) is 1. The monoisotopic (exact) mass is 242 g/mol. The number of hydrogen-bond acceptors (Lipinski definition) is 3. The SMILES string of the molecule is CCc1ccc([C@H](CF)N2CCNCC2)s1. The molecule has 0 unspecified atom stereocenters. The second kappa shape index (κ2) is 5.75. The molecule has 0 bridgehead atoms. The van der Waals surface area contributed by atoms with E-state index in [-0.39, 0.29) is 12.7 Å². The molecule has 1 aromatic heterocycles. The minimum atomic E-state index is -0.274. The normalized spacial score (nSPS) is 19.9. The maximum atomic E-state index is 13.2. The highest BCUT2D eigenvalue weighted by atomic mass is 32.1. The summed E-state index contributed by atoms with van der Waals surface area (Å²) in [5.41, 5.74) is 0. The van der Waals surface area contributed by atoms with E-state index in [0.29, 0.717) is 0 Å². The number of thiophene rings is 1. The van der Waals surface area contributed by atoms with E-state index in [4.69, 9.17) is 0 Å². The minimum Gasteiger partial charge on any atom is -0.314 e. The van der Waals surface area contributed by atoms with Gasteiger partial charge in [0.05, 0.1) is 6.04 Å². The molecule has 0 amide bonds. The average Bonchev–Trinajstić information content (AvgIpc) is 2.80. The van der Waals surface area contributed by atoms with Crippen LogP contribution in [0, 0.1) is 0 Å². The molecular formula is C12H19FN2S. The van der Waals surface area contributed by atoms with E-state index in [1.165, 1.54) is 9.75 Å². The van der Waals surface area contributed by atoms with Crippen LogP contribution in [-0.4, -0.2) is 37.8 Å². The molecule has 1 atom stereocenters. The molecule has 0 aliphatic carbocycles. The van der Waals surface area contributed by atoms with Crippen LogP contribution in [0.25, 0.3) is 0 Å². The van der Waals surface area contributed by atoms with Crippen molar-refractivity contribution in [3.63, 3.8) is 0 Å². The van der Waals surface area contributed by atoms with Gasteiger partial charge in [0, 0.05) is 35.9 Å². The van der Waals surface area contributed by atoms with E-state index in [2.05, 4.69) is 29.3 Å². The molecule has 16 heavy (non-hydrogen) atoms. The zero-order valence-electron chi connectivity index (χ0n) is 9.71. The maximum Gasteiger partial charge on any atom is 0.110 e. The van der Waals surface area contributed by atoms with Crippen LogP contribution < -0.4 is 5.32 Å². The molecule has 2 nitrogen and oxygen atoms in total. The Labute approximate surface area is 100 Å². The van der Waals surface area contributed by atoms with Gasteiger partial charge in [-0.3, -0.25) is 4.90 Å². The summed E-state index contributed by atoms with van der Waals surface area (Å²) >= 11 is 1.76. The van der Waals surface area contributed by atoms with Crippen molar-refractivity contribution in [3.8, 4) is 0 Å². The molecule has 0 spiro atoms. The molecule has 90 valence electrons. The summed E-state index contributed by atoms with van der Waals surface area (Å²) in [6, 6.07) is 4.20. The Hall–Kier alpha value is -0.450. The molecule has 1 aliphatic rings. The average molecular weight is 242 g/mol. The lowest BCUT2D eigenvalue weighted by molar-refractivity contribution is 0.150. The van der Waals surface area contributed by atoms with Gasteiger partial charge in [0.1, 0.15) is 6.67 Å². The van der Waals surface area contributed by atoms with E-state index in [1.54, 1.807) is 11.3 Å². The van der Waals surface area contributed by atoms with Gasteiger partial charge in [0.25, 0.3) is 0 Å². The van der Waals surface area contributed by atoms with Gasteiger partial charge in [-0.25, -0.2) is 4.39 Å². The lowest BCUT2D eigenvalue weighted by Gasteiger charge is -2.32. The van der Waals surface area contributed by atoms with E-state index >= 15 is 0 Å². The zero-order valence-corrected chi connectivity index (χ0v) is 10.5. The first-order valence-electron chi connectivity index (χ1n) is 5.94. The van der Waals surface area contributed by atoms with Crippen molar-refractivity contribution in [2.24, 2.45) is 0 Å². The van der Waals surface area contributed by atoms with Crippen LogP contribution in [0.15, 0.2) is 12.1 Å². The highest BCUT2D eigenvalue weighted by molar-refractivity contribution is 7.12. The quantitative estimate of drug-likeness (QED) is 0.871. The van der Waals surface area contributed by atoms with Crippen LogP contribution >= 0.6 is 11.3 Å². The molecule has 0 saturated carbocycles. The van der Waals surface area contributed by atoms with Gasteiger partial charge in [-0.15, -0.1) is 11.3 Å². The Morgan fingerprint density at radius 2 is 2.19 bits per heavy atom. The Kier molecular flexibility index (Phi) is 4.32. The van der Waals surface area contributed by atoms with E-state index in [0.717, 1.165) is 32.6 Å². The third kappa shape index (κ3) is 2.62. The summed E-state index contributed by atoms with van der Waals surface area (Å²) in [6.07, 6.45) is 1.05. The molecule has 0 radical (unpaired) electrons. The van der Waals surface area contributed by atoms with Gasteiger partial charge in [-0.05, 0) is 18.6 Å². The fraction of sp³-hybridized carbons (Fsp3) is 0.667. The molecular weight excluding hydrogens is 223 g/mol. The number of halogens is 1. The molecule has 1 aliphatic heterocycles. The predicted molar refractivity (Wildman–Crippen MR) is 66.9 cm³/mol. The van der Waals surface area contributed by atoms with Crippen LogP contribution in [0.4, 0.5) is 4.39 Å². The van der Waals surface area contributed by atoms with E-state index < -0.39 is 0 Å². The highest BCUT2D eigenvalue weighted by Crippen LogP contribution is 2.28. The van der Waals surface area contributed by atoms with Crippen molar-refractivity contribution in [3.05, 3.63) is 21.9 Å². The van der Waals surface area contributed by atoms with Crippen molar-refractivity contribution < 1.29 is 4.39 Å². The Morgan fingerprint density at radius 1 is 1.44 bits per heavy atom. The lowest BCUT2D eigenvalue weighted by atomic mass is 10.2. The third-order valence-corrected chi connectivity index (χ3v) is 4.43. The summed E-state index contributed by atoms with van der Waals surface area (Å²) in [6.45, 7) is 5.72. The molecule has 2 rings (SSSR count). The van der Waals surface area contributed by atoms with Gasteiger partial charge < -0.3 is 5.32 Å². The van der Waals surface area contributed by atoms with Gasteiger partial charge in [-0.2, -0.15) is 0 Å². The van der Waals surface area contributed by atoms with Crippen LogP contribution in [0.1, 0.15) is 22.7 Å². The number of hydrogen-bond donors (Lipinski definition) is 1. The second-order valence-electron chi connectivity index (χ2n) is 4.11. The van der Waals surface area contributed by atoms with Crippen molar-refractivity contribution in [2.75, 3.05) is 32.9 Å². The standard InChI is InChI=1S/C12H19FN2S/c1-2-10-3-4-12(16-10)11(9-13)15-7-5-14-6-8-15/h3-4,11,14H,2,5-9H2,1H3/t11-/m0/s1. The second-order valence-corrected chi connectivity index (χ2v) is 5.31. The van der Waals surface area contributed by atoms with Crippen LogP contribution in [0.2, 0.25) is 0 Å². The Bertz CT molecular complexity index is 321. The molecule has 0 aromatic carbocycles. The fourth-order valence-corrected chi connectivity index (χ4v) is 3.18. The Morgan fingerprint density at radius 3 is 2.75 bits per heavy atom. The molecule has 1 fully saturated rings. The highest BCUT2D eigenvalue weighted by Gasteiger charge is 2.23. The fourth-order valence-electron chi connectivity index (χ4n) is 2.11. The Balaban J connectivity index is 2.08. The summed E-state index contributed by atoms with van der Waals surface area (Å²) in [4.78, 5) is 4.78. The van der Waals surface area contributed by atoms with Gasteiger partial charge >= 0.3 is 0 Å². The molecule has 1 N–H and O–H groups in total. The zero-order chi connectivity index (χ0) is 11.4. The summed E-state index contributed by atoms with van der Waals surface area (Å²) < 4.78 is 13.2. The van der Waals surface area contributed by atoms with Crippen LogP contribution in [0.3, 0.4) is 0 Å². The number of nitrogens with zero attached hydrogens (tertiary/aromatic N) is 1. The molecule has 1 aromatic rings. The first-order chi connectivity index (χ1) is 7.85. The van der Waals surface area contributed by atoms with Crippen molar-refractivity contribution in [1.82, 2.24) is 10.2 Å². The number of aryl methyl sites for hydroxylation is 1. The largest absolute Gasteiger partial charge is 0.314 e. The molecule has 4 heteroatoms. The third-order valence-electron chi connectivity index (χ3n) is 3.10. The summed E-state index contributed by atoms with van der Waals surface area (Å²) in [7, 11) is 0. The van der Waals surface area contributed by atoms with Crippen molar-refractivity contribution >= 4 is 11.3 Å². The van der Waals surface area contributed by atoms with Crippen LogP contribution in [0.5, 0.6) is 0 Å². The number of rotatable bonds is 4. The predicted octanol–water partition coefficient (Wildman–Crippen LogP) is 2.23. The molecule has 1 saturated heterocycles. The van der Waals surface area contributed by atoms with E-state index in [1.807, 2.05) is 0 Å². The first-order valence-corrected chi connectivity index (χ1v) is 6.76. The summed E-state index contributed by atoms with van der Waals surface area (Å²) in [5, 5.41) is 3.30. The molecule has 2 heterocycles. The van der Waals surface area contributed by atoms with Crippen molar-refractivity contribution in [2.45, 2.75) is 19.4 Å².